The van der Waals surface area contributed by atoms with Crippen LogP contribution in [0.15, 0.2) is 182 Å². The maximum atomic E-state index is 2.47. The maximum absolute atomic E-state index is 2.47. The van der Waals surface area contributed by atoms with Gasteiger partial charge in [-0.15, -0.1) is 11.3 Å². The maximum Gasteiger partial charge on any atom is 0.0561 e. The molecule has 0 radical (unpaired) electrons. The van der Waals surface area contributed by atoms with Gasteiger partial charge in [0.05, 0.1) is 16.7 Å². The number of nitrogens with zero attached hydrogens (tertiary/aromatic N) is 2. The van der Waals surface area contributed by atoms with Crippen molar-refractivity contribution >= 4 is 81.1 Å². The number of rotatable bonds is 5. The van der Waals surface area contributed by atoms with Gasteiger partial charge >= 0.3 is 0 Å². The van der Waals surface area contributed by atoms with Gasteiger partial charge in [-0.3, -0.25) is 0 Å². The van der Waals surface area contributed by atoms with Crippen LogP contribution in [0.3, 0.4) is 0 Å². The van der Waals surface area contributed by atoms with E-state index >= 15 is 0 Å². The Labute approximate surface area is 288 Å². The first-order valence-corrected chi connectivity index (χ1v) is 17.5. The van der Waals surface area contributed by atoms with E-state index in [1.165, 1.54) is 69.6 Å². The lowest BCUT2D eigenvalue weighted by atomic mass is 10.0. The minimum atomic E-state index is 1.12. The summed E-state index contributed by atoms with van der Waals surface area (Å²) in [6.07, 6.45) is 0. The number of para-hydroxylation sites is 2. The second-order valence-corrected chi connectivity index (χ2v) is 13.6. The molecule has 0 spiro atoms. The van der Waals surface area contributed by atoms with E-state index in [4.69, 9.17) is 0 Å². The van der Waals surface area contributed by atoms with Gasteiger partial charge in [-0.25, -0.2) is 0 Å². The Kier molecular flexibility index (Phi) is 6.39. The van der Waals surface area contributed by atoms with E-state index in [1.54, 1.807) is 0 Å². The van der Waals surface area contributed by atoms with Crippen molar-refractivity contribution in [3.63, 3.8) is 0 Å². The van der Waals surface area contributed by atoms with Crippen LogP contribution in [0, 0.1) is 0 Å². The zero-order valence-corrected chi connectivity index (χ0v) is 27.4. The Morgan fingerprint density at radius 1 is 0.429 bits per heavy atom. The largest absolute Gasteiger partial charge is 0.310 e. The van der Waals surface area contributed by atoms with Crippen LogP contribution >= 0.6 is 11.3 Å². The van der Waals surface area contributed by atoms with E-state index in [9.17, 15) is 0 Å². The summed E-state index contributed by atoms with van der Waals surface area (Å²) in [6, 6.07) is 66.1. The normalized spacial score (nSPS) is 11.7. The second-order valence-electron chi connectivity index (χ2n) is 12.6. The number of hydrogen-bond acceptors (Lipinski definition) is 2. The lowest BCUT2D eigenvalue weighted by molar-refractivity contribution is 1.18. The molecule has 0 bridgehead atoms. The molecule has 0 saturated heterocycles. The first-order chi connectivity index (χ1) is 24.3. The monoisotopic (exact) mass is 642 g/mol. The van der Waals surface area contributed by atoms with E-state index in [-0.39, 0.29) is 0 Å². The van der Waals surface area contributed by atoms with Crippen LogP contribution in [0.1, 0.15) is 0 Å². The van der Waals surface area contributed by atoms with Crippen molar-refractivity contribution in [2.24, 2.45) is 0 Å². The number of aromatic nitrogens is 1. The Bertz CT molecular complexity index is 2810. The molecule has 0 N–H and O–H groups in total. The molecule has 2 nitrogen and oxygen atoms in total. The van der Waals surface area contributed by atoms with Crippen LogP contribution in [0.5, 0.6) is 0 Å². The average Bonchev–Trinajstić information content (AvgIpc) is 3.72. The summed E-state index contributed by atoms with van der Waals surface area (Å²) in [5, 5.41) is 7.60. The van der Waals surface area contributed by atoms with E-state index in [0.717, 1.165) is 17.1 Å². The van der Waals surface area contributed by atoms with Crippen molar-refractivity contribution in [1.82, 2.24) is 4.57 Å². The fourth-order valence-corrected chi connectivity index (χ4v) is 8.79. The Morgan fingerprint density at radius 3 is 1.86 bits per heavy atom. The van der Waals surface area contributed by atoms with E-state index in [0.29, 0.717) is 0 Å². The Hall–Kier alpha value is -6.16. The molecule has 0 aliphatic heterocycles. The molecule has 0 aliphatic rings. The molecule has 10 rings (SSSR count). The molecule has 0 fully saturated rings. The lowest BCUT2D eigenvalue weighted by Crippen LogP contribution is -2.10. The molecule has 10 aromatic rings. The molecule has 0 aliphatic carbocycles. The smallest absolute Gasteiger partial charge is 0.0561 e. The SMILES string of the molecule is c1ccc(-c2ccc(N(c3ccc4c5ccccc5n(-c5ccccc5)c4c3)c3cc4ccccc4c4sc5ccccc5c34)cc2)cc1. The topological polar surface area (TPSA) is 8.17 Å². The summed E-state index contributed by atoms with van der Waals surface area (Å²) < 4.78 is 5.02. The average molecular weight is 643 g/mol. The van der Waals surface area contributed by atoms with Crippen molar-refractivity contribution in [3.8, 4) is 16.8 Å². The summed E-state index contributed by atoms with van der Waals surface area (Å²) >= 11 is 1.89. The zero-order valence-electron chi connectivity index (χ0n) is 26.6. The van der Waals surface area contributed by atoms with Crippen LogP contribution in [-0.2, 0) is 0 Å². The third kappa shape index (κ3) is 4.47. The van der Waals surface area contributed by atoms with E-state index in [2.05, 4.69) is 191 Å². The van der Waals surface area contributed by atoms with E-state index < -0.39 is 0 Å². The van der Waals surface area contributed by atoms with Crippen LogP contribution in [0.25, 0.3) is 69.6 Å². The molecule has 49 heavy (non-hydrogen) atoms. The molecule has 0 amide bonds. The molecule has 0 atom stereocenters. The van der Waals surface area contributed by atoms with Gasteiger partial charge in [-0.1, -0.05) is 127 Å². The molecular formula is C46H30N2S. The van der Waals surface area contributed by atoms with Gasteiger partial charge < -0.3 is 9.47 Å². The number of anilines is 3. The fraction of sp³-hybridized carbons (Fsp3) is 0. The molecule has 3 heteroatoms. The van der Waals surface area contributed by atoms with Gasteiger partial charge in [0.25, 0.3) is 0 Å². The summed E-state index contributed by atoms with van der Waals surface area (Å²) in [6.45, 7) is 0. The lowest BCUT2D eigenvalue weighted by Gasteiger charge is -2.27. The number of thiophene rings is 1. The van der Waals surface area contributed by atoms with Gasteiger partial charge in [-0.2, -0.15) is 0 Å². The van der Waals surface area contributed by atoms with Gasteiger partial charge in [0, 0.05) is 48.0 Å². The highest BCUT2D eigenvalue weighted by molar-refractivity contribution is 7.26. The molecule has 0 unspecified atom stereocenters. The van der Waals surface area contributed by atoms with Crippen LogP contribution in [0.4, 0.5) is 17.1 Å². The van der Waals surface area contributed by atoms with Crippen molar-refractivity contribution in [3.05, 3.63) is 182 Å². The molecule has 8 aromatic carbocycles. The van der Waals surface area contributed by atoms with Gasteiger partial charge in [0.15, 0.2) is 0 Å². The predicted octanol–water partition coefficient (Wildman–Crippen LogP) is 13.4. The first kappa shape index (κ1) is 27.9. The predicted molar refractivity (Wildman–Crippen MR) is 211 cm³/mol. The van der Waals surface area contributed by atoms with Crippen molar-refractivity contribution < 1.29 is 0 Å². The highest BCUT2D eigenvalue weighted by atomic mass is 32.1. The molecular weight excluding hydrogens is 613 g/mol. The number of fused-ring (bicyclic) bond motifs is 8. The minimum absolute atomic E-state index is 1.12. The van der Waals surface area contributed by atoms with Crippen LogP contribution in [0.2, 0.25) is 0 Å². The summed E-state index contributed by atoms with van der Waals surface area (Å²) in [5.74, 6) is 0. The first-order valence-electron chi connectivity index (χ1n) is 16.7. The summed E-state index contributed by atoms with van der Waals surface area (Å²) in [7, 11) is 0. The fourth-order valence-electron chi connectivity index (χ4n) is 7.53. The number of benzene rings is 8. The molecule has 2 aromatic heterocycles. The highest BCUT2D eigenvalue weighted by Crippen LogP contribution is 2.49. The minimum Gasteiger partial charge on any atom is -0.310 e. The van der Waals surface area contributed by atoms with Crippen molar-refractivity contribution in [1.29, 1.82) is 0 Å². The van der Waals surface area contributed by atoms with E-state index in [1.807, 2.05) is 11.3 Å². The zero-order chi connectivity index (χ0) is 32.3. The quantitative estimate of drug-likeness (QED) is 0.181. The molecule has 2 heterocycles. The van der Waals surface area contributed by atoms with Crippen molar-refractivity contribution in [2.45, 2.75) is 0 Å². The summed E-state index contributed by atoms with van der Waals surface area (Å²) in [4.78, 5) is 2.47. The Morgan fingerprint density at radius 2 is 1.04 bits per heavy atom. The van der Waals surface area contributed by atoms with Crippen LogP contribution < -0.4 is 4.90 Å². The third-order valence-corrected chi connectivity index (χ3v) is 11.0. The van der Waals surface area contributed by atoms with Crippen LogP contribution in [-0.4, -0.2) is 4.57 Å². The summed E-state index contributed by atoms with van der Waals surface area (Å²) in [5.41, 5.74) is 9.38. The molecule has 230 valence electrons. The molecule has 0 saturated carbocycles. The van der Waals surface area contributed by atoms with Crippen molar-refractivity contribution in [2.75, 3.05) is 4.90 Å². The van der Waals surface area contributed by atoms with Gasteiger partial charge in [-0.05, 0) is 76.5 Å². The Balaban J connectivity index is 1.29. The third-order valence-electron chi connectivity index (χ3n) is 9.75. The van der Waals surface area contributed by atoms with Gasteiger partial charge in [0.2, 0.25) is 0 Å². The van der Waals surface area contributed by atoms with Gasteiger partial charge in [0.1, 0.15) is 0 Å². The number of hydrogen-bond donors (Lipinski definition) is 0. The standard InChI is InChI=1S/C46H30N2S/c1-3-13-31(14-4-1)32-23-25-35(26-24-32)47(43-29-33-15-7-8-18-37(33)46-45(43)40-20-10-12-22-44(40)49-46)36-27-28-39-38-19-9-11-21-41(38)48(42(39)30-36)34-16-5-2-6-17-34/h1-30H. The second kappa shape index (κ2) is 11.2. The highest BCUT2D eigenvalue weighted by Gasteiger charge is 2.22.